The Morgan fingerprint density at radius 2 is 2.15 bits per heavy atom. The zero-order valence-electron chi connectivity index (χ0n) is 6.06. The van der Waals surface area contributed by atoms with Gasteiger partial charge >= 0.3 is 0 Å². The van der Waals surface area contributed by atoms with Gasteiger partial charge in [-0.2, -0.15) is 9.65 Å². The molecule has 0 aliphatic carbocycles. The molecule has 0 aromatic carbocycles. The van der Waals surface area contributed by atoms with Gasteiger partial charge in [0.1, 0.15) is 6.07 Å². The van der Waals surface area contributed by atoms with Gasteiger partial charge in [-0.25, -0.2) is 13.8 Å². The van der Waals surface area contributed by atoms with Gasteiger partial charge in [0, 0.05) is 9.77 Å². The molecule has 0 aliphatic heterocycles. The number of halogens is 4. The first-order valence-electron chi connectivity index (χ1n) is 3.10. The third-order valence-corrected chi connectivity index (χ3v) is 2.50. The Labute approximate surface area is 85.5 Å². The second-order valence-electron chi connectivity index (χ2n) is 2.10. The summed E-state index contributed by atoms with van der Waals surface area (Å²) in [6, 6.07) is 1.65. The highest BCUT2D eigenvalue weighted by Gasteiger charge is 2.20. The monoisotopic (exact) mass is 298 g/mol. The number of pyridine rings is 1. The van der Waals surface area contributed by atoms with Crippen LogP contribution >= 0.6 is 22.6 Å². The maximum absolute atomic E-state index is 12.7. The fraction of sp³-hybridized carbons (Fsp3) is 0.143. The van der Waals surface area contributed by atoms with Crippen LogP contribution in [0.3, 0.4) is 0 Å². The van der Waals surface area contributed by atoms with Gasteiger partial charge in [0.25, 0.3) is 6.43 Å². The summed E-state index contributed by atoms with van der Waals surface area (Å²) in [4.78, 5) is 3.06. The summed E-state index contributed by atoms with van der Waals surface area (Å²) >= 11 is 1.50. The van der Waals surface area contributed by atoms with E-state index in [1.807, 2.05) is 0 Å². The standard InChI is InChI=1S/C7H2F3IN2/c8-6(9)4-5(11)3(1-12)2-13-7(4)10/h2,6H. The van der Waals surface area contributed by atoms with Crippen LogP contribution in [-0.4, -0.2) is 4.98 Å². The van der Waals surface area contributed by atoms with Crippen LogP contribution in [0.1, 0.15) is 17.6 Å². The third-order valence-electron chi connectivity index (χ3n) is 1.34. The lowest BCUT2D eigenvalue weighted by atomic mass is 10.2. The molecule has 0 atom stereocenters. The molecule has 0 saturated heterocycles. The molecule has 1 heterocycles. The van der Waals surface area contributed by atoms with Crippen molar-refractivity contribution in [2.24, 2.45) is 0 Å². The molecular formula is C7H2F3IN2. The average Bonchev–Trinajstić information content (AvgIpc) is 2.04. The maximum atomic E-state index is 12.7. The topological polar surface area (TPSA) is 36.7 Å². The van der Waals surface area contributed by atoms with Gasteiger partial charge in [-0.05, 0) is 22.6 Å². The minimum Gasteiger partial charge on any atom is -0.226 e. The number of rotatable bonds is 1. The number of alkyl halides is 2. The van der Waals surface area contributed by atoms with Crippen molar-refractivity contribution in [2.45, 2.75) is 6.43 Å². The third kappa shape index (κ3) is 1.91. The first kappa shape index (κ1) is 10.2. The van der Waals surface area contributed by atoms with Gasteiger partial charge in [-0.1, -0.05) is 0 Å². The Bertz CT molecular complexity index is 373. The molecule has 0 N–H and O–H groups in total. The summed E-state index contributed by atoms with van der Waals surface area (Å²) in [5.74, 6) is -1.22. The van der Waals surface area contributed by atoms with Gasteiger partial charge in [-0.3, -0.25) is 0 Å². The van der Waals surface area contributed by atoms with E-state index in [2.05, 4.69) is 4.98 Å². The minimum absolute atomic E-state index is 0.0442. The Kier molecular flexibility index (Phi) is 3.08. The van der Waals surface area contributed by atoms with E-state index in [0.717, 1.165) is 6.20 Å². The molecule has 0 saturated carbocycles. The van der Waals surface area contributed by atoms with Crippen molar-refractivity contribution >= 4 is 22.6 Å². The number of hydrogen-bond acceptors (Lipinski definition) is 2. The van der Waals surface area contributed by atoms with Crippen molar-refractivity contribution in [1.29, 1.82) is 5.26 Å². The molecule has 0 bridgehead atoms. The van der Waals surface area contributed by atoms with E-state index in [-0.39, 0.29) is 9.13 Å². The highest BCUT2D eigenvalue weighted by Crippen LogP contribution is 2.27. The molecule has 2 nitrogen and oxygen atoms in total. The van der Waals surface area contributed by atoms with E-state index in [0.29, 0.717) is 0 Å². The van der Waals surface area contributed by atoms with E-state index in [1.54, 1.807) is 6.07 Å². The van der Waals surface area contributed by atoms with Crippen molar-refractivity contribution in [3.05, 3.63) is 26.8 Å². The van der Waals surface area contributed by atoms with E-state index < -0.39 is 17.9 Å². The number of aromatic nitrogens is 1. The van der Waals surface area contributed by atoms with Crippen LogP contribution in [0, 0.1) is 20.8 Å². The number of hydrogen-bond donors (Lipinski definition) is 0. The SMILES string of the molecule is N#Cc1cnc(F)c(C(F)F)c1I. The Balaban J connectivity index is 3.41. The van der Waals surface area contributed by atoms with E-state index in [9.17, 15) is 13.2 Å². The van der Waals surface area contributed by atoms with Gasteiger partial charge in [0.2, 0.25) is 5.95 Å². The summed E-state index contributed by atoms with van der Waals surface area (Å²) < 4.78 is 37.1. The lowest BCUT2D eigenvalue weighted by Gasteiger charge is -2.04. The van der Waals surface area contributed by atoms with Gasteiger partial charge in [0.05, 0.1) is 11.1 Å². The predicted octanol–water partition coefficient (Wildman–Crippen LogP) is 2.63. The first-order valence-corrected chi connectivity index (χ1v) is 4.18. The van der Waals surface area contributed by atoms with Crippen molar-refractivity contribution in [1.82, 2.24) is 4.98 Å². The smallest absolute Gasteiger partial charge is 0.226 e. The van der Waals surface area contributed by atoms with Gasteiger partial charge in [0.15, 0.2) is 0 Å². The Morgan fingerprint density at radius 1 is 1.54 bits per heavy atom. The van der Waals surface area contributed by atoms with Crippen LogP contribution in [0.5, 0.6) is 0 Å². The maximum Gasteiger partial charge on any atom is 0.269 e. The van der Waals surface area contributed by atoms with Crippen LogP contribution in [0.2, 0.25) is 0 Å². The number of nitrogens with zero attached hydrogens (tertiary/aromatic N) is 2. The first-order chi connectivity index (χ1) is 6.07. The molecular weight excluding hydrogens is 296 g/mol. The zero-order valence-corrected chi connectivity index (χ0v) is 8.22. The van der Waals surface area contributed by atoms with Crippen LogP contribution in [0.15, 0.2) is 6.20 Å². The largest absolute Gasteiger partial charge is 0.269 e. The van der Waals surface area contributed by atoms with E-state index in [1.165, 1.54) is 22.6 Å². The molecule has 13 heavy (non-hydrogen) atoms. The van der Waals surface area contributed by atoms with Gasteiger partial charge < -0.3 is 0 Å². The van der Waals surface area contributed by atoms with Crippen molar-refractivity contribution in [2.75, 3.05) is 0 Å². The van der Waals surface area contributed by atoms with Crippen LogP contribution in [-0.2, 0) is 0 Å². The molecule has 6 heteroatoms. The summed E-state index contributed by atoms with van der Waals surface area (Å²) in [6.45, 7) is 0. The second-order valence-corrected chi connectivity index (χ2v) is 3.18. The lowest BCUT2D eigenvalue weighted by molar-refractivity contribution is 0.144. The average molecular weight is 298 g/mol. The van der Waals surface area contributed by atoms with Crippen LogP contribution in [0.25, 0.3) is 0 Å². The molecule has 1 aromatic rings. The quantitative estimate of drug-likeness (QED) is 0.590. The van der Waals surface area contributed by atoms with Crippen LogP contribution < -0.4 is 0 Å². The van der Waals surface area contributed by atoms with Gasteiger partial charge in [-0.15, -0.1) is 0 Å². The highest BCUT2D eigenvalue weighted by molar-refractivity contribution is 14.1. The molecule has 0 spiro atoms. The molecule has 68 valence electrons. The second kappa shape index (κ2) is 3.91. The molecule has 1 aromatic heterocycles. The van der Waals surface area contributed by atoms with Crippen molar-refractivity contribution in [3.63, 3.8) is 0 Å². The van der Waals surface area contributed by atoms with Crippen molar-refractivity contribution in [3.8, 4) is 6.07 Å². The summed E-state index contributed by atoms with van der Waals surface area (Å²) in [5, 5.41) is 8.45. The lowest BCUT2D eigenvalue weighted by Crippen LogP contribution is -2.00. The molecule has 1 rings (SSSR count). The fourth-order valence-corrected chi connectivity index (χ4v) is 1.46. The molecule has 0 aliphatic rings. The summed E-state index contributed by atoms with van der Waals surface area (Å²) in [7, 11) is 0. The van der Waals surface area contributed by atoms with E-state index in [4.69, 9.17) is 5.26 Å². The van der Waals surface area contributed by atoms with Crippen LogP contribution in [0.4, 0.5) is 13.2 Å². The molecule has 0 radical (unpaired) electrons. The normalized spacial score (nSPS) is 10.2. The minimum atomic E-state index is -2.95. The predicted molar refractivity (Wildman–Crippen MR) is 46.6 cm³/mol. The number of nitriles is 1. The highest BCUT2D eigenvalue weighted by atomic mass is 127. The fourth-order valence-electron chi connectivity index (χ4n) is 0.747. The molecule has 0 amide bonds. The Hall–Kier alpha value is -0.840. The van der Waals surface area contributed by atoms with Crippen molar-refractivity contribution < 1.29 is 13.2 Å². The molecule has 0 fully saturated rings. The Morgan fingerprint density at radius 3 is 2.62 bits per heavy atom. The van der Waals surface area contributed by atoms with E-state index >= 15 is 0 Å². The zero-order chi connectivity index (χ0) is 10.0. The summed E-state index contributed by atoms with van der Waals surface area (Å²) in [6.07, 6.45) is -2.02. The summed E-state index contributed by atoms with van der Waals surface area (Å²) in [5.41, 5.74) is -0.850. The molecule has 0 unspecified atom stereocenters.